The minimum atomic E-state index is -0.815. The van der Waals surface area contributed by atoms with Crippen LogP contribution in [0.2, 0.25) is 0 Å². The predicted molar refractivity (Wildman–Crippen MR) is 69.2 cm³/mol. The van der Waals surface area contributed by atoms with Crippen molar-refractivity contribution < 1.29 is 24.2 Å². The van der Waals surface area contributed by atoms with E-state index >= 15 is 0 Å². The number of ether oxygens (including phenoxy) is 1. The van der Waals surface area contributed by atoms with Gasteiger partial charge >= 0.3 is 6.09 Å². The van der Waals surface area contributed by atoms with Crippen molar-refractivity contribution in [3.05, 3.63) is 12.7 Å². The molecular weight excluding hydrogens is 272 g/mol. The molecule has 0 aliphatic carbocycles. The monoisotopic (exact) mass is 288 g/mol. The highest BCUT2D eigenvalue weighted by Gasteiger charge is 2.43. The molecule has 0 bridgehead atoms. The Morgan fingerprint density at radius 2 is 2.37 bits per heavy atom. The Labute approximate surface area is 114 Å². The van der Waals surface area contributed by atoms with E-state index in [1.165, 1.54) is 13.0 Å². The molecule has 7 nitrogen and oxygen atoms in total. The number of alkyl carbamates (subject to hydrolysis) is 1. The smallest absolute Gasteiger partial charge is 0.407 e. The van der Waals surface area contributed by atoms with E-state index in [1.54, 1.807) is 0 Å². The number of amides is 2. The molecule has 1 aliphatic rings. The number of aliphatic hydroxyl groups is 1. The van der Waals surface area contributed by atoms with Crippen LogP contribution in [0.5, 0.6) is 0 Å². The maximum Gasteiger partial charge on any atom is 0.407 e. The van der Waals surface area contributed by atoms with Gasteiger partial charge in [0.25, 0.3) is 0 Å². The zero-order chi connectivity index (χ0) is 14.4. The molecule has 1 aliphatic heterocycles. The Morgan fingerprint density at radius 1 is 1.68 bits per heavy atom. The summed E-state index contributed by atoms with van der Waals surface area (Å²) in [5.74, 6) is -0.875. The van der Waals surface area contributed by atoms with Gasteiger partial charge in [-0.2, -0.15) is 0 Å². The van der Waals surface area contributed by atoms with Crippen LogP contribution in [0, 0.1) is 5.92 Å². The summed E-state index contributed by atoms with van der Waals surface area (Å²) in [6.07, 6.45) is -0.115. The fourth-order valence-electron chi connectivity index (χ4n) is 1.46. The summed E-state index contributed by atoms with van der Waals surface area (Å²) in [6.45, 7) is 4.73. The number of aliphatic hydroxyl groups excluding tert-OH is 1. The van der Waals surface area contributed by atoms with Gasteiger partial charge in [0.1, 0.15) is 6.61 Å². The van der Waals surface area contributed by atoms with Crippen molar-refractivity contribution >= 4 is 28.9 Å². The van der Waals surface area contributed by atoms with Crippen molar-refractivity contribution in [2.24, 2.45) is 5.92 Å². The van der Waals surface area contributed by atoms with Crippen LogP contribution in [0.15, 0.2) is 12.7 Å². The highest BCUT2D eigenvalue weighted by Crippen LogP contribution is 2.28. The van der Waals surface area contributed by atoms with Gasteiger partial charge in [-0.3, -0.25) is 9.59 Å². The fourth-order valence-corrected chi connectivity index (χ4v) is 2.57. The quantitative estimate of drug-likeness (QED) is 0.454. The summed E-state index contributed by atoms with van der Waals surface area (Å²) in [5, 5.41) is 13.4. The van der Waals surface area contributed by atoms with E-state index in [0.29, 0.717) is 0 Å². The molecule has 0 aromatic carbocycles. The lowest BCUT2D eigenvalue weighted by atomic mass is 9.96. The number of hydrogen-bond donors (Lipinski definition) is 3. The second-order valence-corrected chi connectivity index (χ2v) is 5.13. The van der Waals surface area contributed by atoms with Crippen molar-refractivity contribution in [3.8, 4) is 0 Å². The third-order valence-corrected chi connectivity index (χ3v) is 3.47. The van der Waals surface area contributed by atoms with Gasteiger partial charge in [0.2, 0.25) is 11.0 Å². The maximum atomic E-state index is 11.5. The third kappa shape index (κ3) is 4.56. The highest BCUT2D eigenvalue weighted by atomic mass is 32.2. The Balaban J connectivity index is 2.26. The second-order valence-electron chi connectivity index (χ2n) is 3.93. The van der Waals surface area contributed by atoms with Gasteiger partial charge in [0, 0.05) is 0 Å². The van der Waals surface area contributed by atoms with Crippen molar-refractivity contribution in [2.75, 3.05) is 13.2 Å². The zero-order valence-electron chi connectivity index (χ0n) is 10.4. The SMILES string of the molecule is C=CCOC(=O)NCC(=O)S[C@H]1NC(=O)[C@@H]1[C@@H](C)O. The number of carbonyl (C=O) groups excluding carboxylic acids is 3. The van der Waals surface area contributed by atoms with Crippen molar-refractivity contribution in [1.82, 2.24) is 10.6 Å². The number of rotatable bonds is 6. The van der Waals surface area contributed by atoms with E-state index < -0.39 is 23.5 Å². The van der Waals surface area contributed by atoms with Gasteiger partial charge in [0.15, 0.2) is 0 Å². The Kier molecular flexibility index (Phi) is 5.84. The zero-order valence-corrected chi connectivity index (χ0v) is 11.2. The normalized spacial score (nSPS) is 22.7. The van der Waals surface area contributed by atoms with E-state index in [4.69, 9.17) is 0 Å². The van der Waals surface area contributed by atoms with E-state index in [9.17, 15) is 19.5 Å². The van der Waals surface area contributed by atoms with E-state index in [1.807, 2.05) is 0 Å². The van der Waals surface area contributed by atoms with Crippen LogP contribution in [0.3, 0.4) is 0 Å². The van der Waals surface area contributed by atoms with Gasteiger partial charge in [-0.05, 0) is 6.92 Å². The van der Waals surface area contributed by atoms with Gasteiger partial charge < -0.3 is 20.5 Å². The molecule has 19 heavy (non-hydrogen) atoms. The number of thioether (sulfide) groups is 1. The Morgan fingerprint density at radius 3 is 2.89 bits per heavy atom. The molecule has 2 amide bonds. The first kappa shape index (κ1) is 15.5. The highest BCUT2D eigenvalue weighted by molar-refractivity contribution is 8.14. The molecule has 0 spiro atoms. The molecule has 0 radical (unpaired) electrons. The van der Waals surface area contributed by atoms with E-state index in [0.717, 1.165) is 11.8 Å². The first-order valence-corrected chi connectivity index (χ1v) is 6.53. The Bertz CT molecular complexity index is 385. The molecule has 0 unspecified atom stereocenters. The molecule has 106 valence electrons. The molecule has 0 aromatic heterocycles. The van der Waals surface area contributed by atoms with E-state index in [-0.39, 0.29) is 24.2 Å². The molecular formula is C11H16N2O5S. The fraction of sp³-hybridized carbons (Fsp3) is 0.545. The van der Waals surface area contributed by atoms with Gasteiger partial charge in [0.05, 0.1) is 23.9 Å². The maximum absolute atomic E-state index is 11.5. The first-order chi connectivity index (χ1) is 8.95. The summed E-state index contributed by atoms with van der Waals surface area (Å²) in [5.41, 5.74) is 0. The number of β-lactam (4-membered cyclic amide) rings is 1. The van der Waals surface area contributed by atoms with Crippen LogP contribution in [0.1, 0.15) is 6.92 Å². The molecule has 1 heterocycles. The average Bonchev–Trinajstić information content (AvgIpc) is 2.32. The molecule has 8 heteroatoms. The summed E-state index contributed by atoms with van der Waals surface area (Å²) in [4.78, 5) is 33.7. The lowest BCUT2D eigenvalue weighted by Crippen LogP contribution is -2.60. The van der Waals surface area contributed by atoms with Crippen LogP contribution in [-0.4, -0.2) is 46.9 Å². The standard InChI is InChI=1S/C11H16N2O5S/c1-3-4-18-11(17)12-5-7(15)19-10-8(6(2)14)9(16)13-10/h3,6,8,10,14H,1,4-5H2,2H3,(H,12,17)(H,13,16)/t6-,8+,10-/m1/s1. The van der Waals surface area contributed by atoms with Crippen molar-refractivity contribution in [3.63, 3.8) is 0 Å². The summed E-state index contributed by atoms with van der Waals surface area (Å²) < 4.78 is 4.62. The van der Waals surface area contributed by atoms with Crippen LogP contribution in [-0.2, 0) is 14.3 Å². The van der Waals surface area contributed by atoms with Crippen LogP contribution in [0.25, 0.3) is 0 Å². The molecule has 1 rings (SSSR count). The minimum Gasteiger partial charge on any atom is -0.445 e. The first-order valence-electron chi connectivity index (χ1n) is 5.65. The topological polar surface area (TPSA) is 105 Å². The Hall–Kier alpha value is -1.54. The van der Waals surface area contributed by atoms with Crippen LogP contribution < -0.4 is 10.6 Å². The second kappa shape index (κ2) is 7.15. The largest absolute Gasteiger partial charge is 0.445 e. The minimum absolute atomic E-state index is 0.0654. The van der Waals surface area contributed by atoms with Crippen LogP contribution in [0.4, 0.5) is 4.79 Å². The van der Waals surface area contributed by atoms with Gasteiger partial charge in [-0.15, -0.1) is 0 Å². The van der Waals surface area contributed by atoms with E-state index in [2.05, 4.69) is 21.9 Å². The molecule has 3 atom stereocenters. The molecule has 1 saturated heterocycles. The summed E-state index contributed by atoms with van der Waals surface area (Å²) in [7, 11) is 0. The molecule has 0 saturated carbocycles. The number of carbonyl (C=O) groups is 3. The molecule has 1 fully saturated rings. The van der Waals surface area contributed by atoms with Gasteiger partial charge in [-0.25, -0.2) is 4.79 Å². The lowest BCUT2D eigenvalue weighted by Gasteiger charge is -2.37. The van der Waals surface area contributed by atoms with Crippen LogP contribution >= 0.6 is 11.8 Å². The predicted octanol–water partition coefficient (Wildman–Crippen LogP) is -0.389. The molecule has 0 aromatic rings. The number of hydrogen-bond acceptors (Lipinski definition) is 6. The average molecular weight is 288 g/mol. The third-order valence-electron chi connectivity index (χ3n) is 2.40. The lowest BCUT2D eigenvalue weighted by molar-refractivity contribution is -0.136. The van der Waals surface area contributed by atoms with Gasteiger partial charge in [-0.1, -0.05) is 24.4 Å². The molecule has 3 N–H and O–H groups in total. The van der Waals surface area contributed by atoms with Crippen molar-refractivity contribution in [1.29, 1.82) is 0 Å². The summed E-state index contributed by atoms with van der Waals surface area (Å²) in [6, 6.07) is 0. The van der Waals surface area contributed by atoms with Crippen molar-refractivity contribution in [2.45, 2.75) is 18.4 Å². The summed E-state index contributed by atoms with van der Waals surface area (Å²) >= 11 is 0.871. The number of nitrogens with one attached hydrogen (secondary N) is 2.